The second kappa shape index (κ2) is 6.13. The molecule has 2 N–H and O–H groups in total. The van der Waals surface area contributed by atoms with Crippen molar-refractivity contribution >= 4 is 11.3 Å². The van der Waals surface area contributed by atoms with Crippen LogP contribution in [0.15, 0.2) is 5.38 Å². The van der Waals surface area contributed by atoms with E-state index in [9.17, 15) is 0 Å². The Kier molecular flexibility index (Phi) is 4.76. The van der Waals surface area contributed by atoms with Crippen molar-refractivity contribution in [3.8, 4) is 0 Å². The van der Waals surface area contributed by atoms with Gasteiger partial charge in [0.15, 0.2) is 0 Å². The summed E-state index contributed by atoms with van der Waals surface area (Å²) in [6.45, 7) is 5.95. The molecule has 2 heterocycles. The number of ether oxygens (including phenoxy) is 1. The molecule has 0 radical (unpaired) electrons. The third-order valence-electron chi connectivity index (χ3n) is 3.42. The number of hydrogen-bond acceptors (Lipinski definition) is 4. The van der Waals surface area contributed by atoms with Crippen molar-refractivity contribution in [3.05, 3.63) is 16.1 Å². The van der Waals surface area contributed by atoms with Gasteiger partial charge in [0.05, 0.1) is 10.7 Å². The summed E-state index contributed by atoms with van der Waals surface area (Å²) < 4.78 is 5.39. The molecule has 3 nitrogen and oxygen atoms in total. The molecule has 0 atom stereocenters. The van der Waals surface area contributed by atoms with Gasteiger partial charge in [-0.05, 0) is 46.0 Å². The van der Waals surface area contributed by atoms with E-state index in [4.69, 9.17) is 15.5 Å². The maximum Gasteiger partial charge on any atom is 0.0928 e. The lowest BCUT2D eigenvalue weighted by Crippen LogP contribution is -2.31. The van der Waals surface area contributed by atoms with E-state index in [-0.39, 0.29) is 5.54 Å². The van der Waals surface area contributed by atoms with Gasteiger partial charge in [-0.1, -0.05) is 0 Å². The molecule has 1 fully saturated rings. The van der Waals surface area contributed by atoms with Gasteiger partial charge in [0, 0.05) is 30.1 Å². The van der Waals surface area contributed by atoms with E-state index in [0.29, 0.717) is 5.92 Å². The Labute approximate surface area is 114 Å². The Hall–Kier alpha value is -0.450. The van der Waals surface area contributed by atoms with Crippen LogP contribution in [0.2, 0.25) is 0 Å². The highest BCUT2D eigenvalue weighted by atomic mass is 32.1. The van der Waals surface area contributed by atoms with Crippen molar-refractivity contribution < 1.29 is 4.74 Å². The lowest BCUT2D eigenvalue weighted by atomic mass is 9.97. The number of thiazole rings is 1. The number of nitrogens with zero attached hydrogens (tertiary/aromatic N) is 1. The van der Waals surface area contributed by atoms with Gasteiger partial charge >= 0.3 is 0 Å². The molecule has 2 rings (SSSR count). The van der Waals surface area contributed by atoms with Crippen LogP contribution in [0, 0.1) is 0 Å². The molecule has 0 bridgehead atoms. The van der Waals surface area contributed by atoms with Crippen LogP contribution < -0.4 is 5.73 Å². The molecule has 0 spiro atoms. The van der Waals surface area contributed by atoms with E-state index >= 15 is 0 Å². The van der Waals surface area contributed by atoms with Gasteiger partial charge in [0.25, 0.3) is 0 Å². The van der Waals surface area contributed by atoms with Gasteiger partial charge in [-0.3, -0.25) is 0 Å². The minimum atomic E-state index is -0.0548. The van der Waals surface area contributed by atoms with Crippen molar-refractivity contribution in [2.45, 2.75) is 57.4 Å². The molecule has 0 aromatic carbocycles. The van der Waals surface area contributed by atoms with Crippen molar-refractivity contribution in [3.63, 3.8) is 0 Å². The van der Waals surface area contributed by atoms with Crippen LogP contribution in [-0.4, -0.2) is 23.7 Å². The van der Waals surface area contributed by atoms with Crippen molar-refractivity contribution in [1.29, 1.82) is 0 Å². The summed E-state index contributed by atoms with van der Waals surface area (Å²) in [6.07, 6.45) is 5.50. The zero-order valence-corrected chi connectivity index (χ0v) is 12.3. The SMILES string of the molecule is CC(C)(N)CCCc1nc(C2CCOCC2)cs1. The standard InChI is InChI=1S/C14H24N2OS/c1-14(2,15)7-3-4-13-16-12(10-18-13)11-5-8-17-9-6-11/h10-11H,3-9,15H2,1-2H3. The minimum absolute atomic E-state index is 0.0548. The van der Waals surface area contributed by atoms with Crippen LogP contribution in [0.5, 0.6) is 0 Å². The molecule has 0 saturated carbocycles. The lowest BCUT2D eigenvalue weighted by Gasteiger charge is -2.20. The largest absolute Gasteiger partial charge is 0.381 e. The predicted octanol–water partition coefficient (Wildman–Crippen LogP) is 3.10. The molecule has 1 aliphatic heterocycles. The van der Waals surface area contributed by atoms with Crippen LogP contribution in [0.1, 0.15) is 56.2 Å². The highest BCUT2D eigenvalue weighted by molar-refractivity contribution is 7.09. The fourth-order valence-electron chi connectivity index (χ4n) is 2.32. The zero-order valence-electron chi connectivity index (χ0n) is 11.4. The Morgan fingerprint density at radius 3 is 2.83 bits per heavy atom. The van der Waals surface area contributed by atoms with Gasteiger partial charge in [0.2, 0.25) is 0 Å². The second-order valence-corrected chi connectivity index (χ2v) is 6.84. The summed E-state index contributed by atoms with van der Waals surface area (Å²) in [5.41, 5.74) is 7.22. The van der Waals surface area contributed by atoms with Gasteiger partial charge in [0.1, 0.15) is 0 Å². The summed E-state index contributed by atoms with van der Waals surface area (Å²) in [6, 6.07) is 0. The van der Waals surface area contributed by atoms with Crippen LogP contribution >= 0.6 is 11.3 Å². The van der Waals surface area contributed by atoms with E-state index < -0.39 is 0 Å². The van der Waals surface area contributed by atoms with Gasteiger partial charge < -0.3 is 10.5 Å². The number of aromatic nitrogens is 1. The van der Waals surface area contributed by atoms with Crippen molar-refractivity contribution in [1.82, 2.24) is 4.98 Å². The van der Waals surface area contributed by atoms with Crippen LogP contribution in [0.4, 0.5) is 0 Å². The second-order valence-electron chi connectivity index (χ2n) is 5.89. The first-order valence-corrected chi connectivity index (χ1v) is 7.73. The molecule has 1 aromatic rings. The molecule has 0 aliphatic carbocycles. The molecule has 0 amide bonds. The first-order valence-electron chi connectivity index (χ1n) is 6.85. The molecule has 1 aliphatic rings. The first-order chi connectivity index (χ1) is 8.54. The number of aryl methyl sites for hydroxylation is 1. The topological polar surface area (TPSA) is 48.1 Å². The highest BCUT2D eigenvalue weighted by Gasteiger charge is 2.18. The number of rotatable bonds is 5. The first kappa shape index (κ1) is 14.0. The number of hydrogen-bond donors (Lipinski definition) is 1. The lowest BCUT2D eigenvalue weighted by molar-refractivity contribution is 0.0846. The van der Waals surface area contributed by atoms with E-state index in [0.717, 1.165) is 45.3 Å². The third-order valence-corrected chi connectivity index (χ3v) is 4.35. The Morgan fingerprint density at radius 2 is 2.17 bits per heavy atom. The van der Waals surface area contributed by atoms with Gasteiger partial charge in [-0.15, -0.1) is 11.3 Å². The van der Waals surface area contributed by atoms with Crippen LogP contribution in [0.3, 0.4) is 0 Å². The summed E-state index contributed by atoms with van der Waals surface area (Å²) in [5, 5.41) is 3.50. The predicted molar refractivity (Wildman–Crippen MR) is 76.1 cm³/mol. The summed E-state index contributed by atoms with van der Waals surface area (Å²) in [5.74, 6) is 0.620. The van der Waals surface area contributed by atoms with Crippen molar-refractivity contribution in [2.24, 2.45) is 5.73 Å². The summed E-state index contributed by atoms with van der Waals surface area (Å²) in [7, 11) is 0. The Bertz CT molecular complexity index is 364. The molecular weight excluding hydrogens is 244 g/mol. The highest BCUT2D eigenvalue weighted by Crippen LogP contribution is 2.28. The maximum atomic E-state index is 5.99. The molecule has 102 valence electrons. The van der Waals surface area contributed by atoms with E-state index in [1.54, 1.807) is 11.3 Å². The molecule has 0 unspecified atom stereocenters. The van der Waals surface area contributed by atoms with E-state index in [1.807, 2.05) is 0 Å². The Balaban J connectivity index is 1.82. The summed E-state index contributed by atoms with van der Waals surface area (Å²) in [4.78, 5) is 4.78. The normalized spacial score (nSPS) is 18.2. The Morgan fingerprint density at radius 1 is 1.44 bits per heavy atom. The maximum absolute atomic E-state index is 5.99. The van der Waals surface area contributed by atoms with Gasteiger partial charge in [-0.2, -0.15) is 0 Å². The fraction of sp³-hybridized carbons (Fsp3) is 0.786. The van der Waals surface area contributed by atoms with Crippen LogP contribution in [0.25, 0.3) is 0 Å². The van der Waals surface area contributed by atoms with E-state index in [2.05, 4.69) is 19.2 Å². The average molecular weight is 268 g/mol. The monoisotopic (exact) mass is 268 g/mol. The van der Waals surface area contributed by atoms with Crippen LogP contribution in [-0.2, 0) is 11.2 Å². The fourth-order valence-corrected chi connectivity index (χ4v) is 3.24. The third kappa shape index (κ3) is 4.34. The smallest absolute Gasteiger partial charge is 0.0928 e. The minimum Gasteiger partial charge on any atom is -0.381 e. The van der Waals surface area contributed by atoms with Crippen molar-refractivity contribution in [2.75, 3.05) is 13.2 Å². The molecular formula is C14H24N2OS. The number of nitrogens with two attached hydrogens (primary N) is 1. The zero-order chi connectivity index (χ0) is 13.0. The van der Waals surface area contributed by atoms with E-state index in [1.165, 1.54) is 10.7 Å². The molecule has 18 heavy (non-hydrogen) atoms. The summed E-state index contributed by atoms with van der Waals surface area (Å²) >= 11 is 1.80. The molecule has 1 saturated heterocycles. The molecule has 4 heteroatoms. The molecule has 1 aromatic heterocycles. The van der Waals surface area contributed by atoms with Gasteiger partial charge in [-0.25, -0.2) is 4.98 Å². The average Bonchev–Trinajstić information content (AvgIpc) is 2.77. The quantitative estimate of drug-likeness (QED) is 0.892.